The van der Waals surface area contributed by atoms with E-state index >= 15 is 0 Å². The summed E-state index contributed by atoms with van der Waals surface area (Å²) in [4.78, 5) is 0. The summed E-state index contributed by atoms with van der Waals surface area (Å²) in [7, 11) is 0. The first-order valence-electron chi connectivity index (χ1n) is 5.18. The lowest BCUT2D eigenvalue weighted by Crippen LogP contribution is -2.31. The molecule has 2 unspecified atom stereocenters. The fourth-order valence-electron chi connectivity index (χ4n) is 2.27. The monoisotopic (exact) mass is 175 g/mol. The van der Waals surface area contributed by atoms with Crippen LogP contribution in [0.5, 0.6) is 0 Å². The first-order chi connectivity index (χ1) is 6.38. The second-order valence-electron chi connectivity index (χ2n) is 3.97. The van der Waals surface area contributed by atoms with Gasteiger partial charge >= 0.3 is 0 Å². The molecular formula is C12H17N. The number of nitrogens with two attached hydrogens (primary N) is 1. The molecule has 0 heterocycles. The number of hydrogen-bond acceptors (Lipinski definition) is 1. The summed E-state index contributed by atoms with van der Waals surface area (Å²) in [5.74, 6) is 0.606. The van der Waals surface area contributed by atoms with Crippen LogP contribution in [-0.2, 0) is 0 Å². The van der Waals surface area contributed by atoms with E-state index in [1.807, 2.05) is 0 Å². The lowest BCUT2D eigenvalue weighted by atomic mass is 9.80. The Bertz CT molecular complexity index is 255. The molecule has 1 aromatic rings. The molecule has 1 fully saturated rings. The van der Waals surface area contributed by atoms with Crippen molar-refractivity contribution in [1.29, 1.82) is 0 Å². The van der Waals surface area contributed by atoms with E-state index in [4.69, 9.17) is 5.73 Å². The molecule has 0 spiro atoms. The van der Waals surface area contributed by atoms with Crippen LogP contribution in [0.1, 0.15) is 37.2 Å². The minimum absolute atomic E-state index is 0.385. The molecule has 1 heteroatoms. The zero-order valence-corrected chi connectivity index (χ0v) is 7.95. The van der Waals surface area contributed by atoms with E-state index < -0.39 is 0 Å². The normalized spacial score (nSPS) is 28.7. The van der Waals surface area contributed by atoms with Crippen molar-refractivity contribution in [2.45, 2.75) is 37.6 Å². The van der Waals surface area contributed by atoms with Gasteiger partial charge in [-0.25, -0.2) is 0 Å². The Morgan fingerprint density at radius 1 is 1.00 bits per heavy atom. The molecule has 0 saturated heterocycles. The van der Waals surface area contributed by atoms with Gasteiger partial charge in [0.05, 0.1) is 0 Å². The average Bonchev–Trinajstić information content (AvgIpc) is 2.20. The van der Waals surface area contributed by atoms with E-state index in [0.717, 1.165) is 0 Å². The molecule has 2 atom stereocenters. The first-order valence-corrected chi connectivity index (χ1v) is 5.18. The maximum Gasteiger partial charge on any atom is 0.0108 e. The molecule has 2 rings (SSSR count). The molecule has 0 aromatic heterocycles. The maximum absolute atomic E-state index is 6.11. The Morgan fingerprint density at radius 3 is 2.38 bits per heavy atom. The molecule has 0 radical (unpaired) electrons. The molecule has 2 N–H and O–H groups in total. The van der Waals surface area contributed by atoms with Crippen LogP contribution in [0.3, 0.4) is 0 Å². The Labute approximate surface area is 80.0 Å². The van der Waals surface area contributed by atoms with Crippen LogP contribution in [0.2, 0.25) is 0 Å². The summed E-state index contributed by atoms with van der Waals surface area (Å²) >= 11 is 0. The highest BCUT2D eigenvalue weighted by molar-refractivity contribution is 5.21. The highest BCUT2D eigenvalue weighted by Gasteiger charge is 2.22. The summed E-state index contributed by atoms with van der Waals surface area (Å²) in [5.41, 5.74) is 7.54. The number of rotatable bonds is 1. The van der Waals surface area contributed by atoms with Crippen LogP contribution in [0, 0.1) is 0 Å². The van der Waals surface area contributed by atoms with Gasteiger partial charge in [-0.15, -0.1) is 0 Å². The zero-order chi connectivity index (χ0) is 9.10. The first kappa shape index (κ1) is 8.76. The fourth-order valence-corrected chi connectivity index (χ4v) is 2.27. The molecular weight excluding hydrogens is 158 g/mol. The van der Waals surface area contributed by atoms with Gasteiger partial charge in [-0.05, 0) is 24.3 Å². The summed E-state index contributed by atoms with van der Waals surface area (Å²) in [5, 5.41) is 0. The van der Waals surface area contributed by atoms with E-state index in [1.165, 1.54) is 31.2 Å². The SMILES string of the molecule is NC1CCCCC1c1ccccc1. The van der Waals surface area contributed by atoms with Crippen LogP contribution >= 0.6 is 0 Å². The predicted octanol–water partition coefficient (Wildman–Crippen LogP) is 2.67. The third-order valence-electron chi connectivity index (χ3n) is 3.05. The molecule has 1 aliphatic carbocycles. The van der Waals surface area contributed by atoms with Crippen molar-refractivity contribution in [1.82, 2.24) is 0 Å². The van der Waals surface area contributed by atoms with Crippen molar-refractivity contribution >= 4 is 0 Å². The predicted molar refractivity (Wildman–Crippen MR) is 55.6 cm³/mol. The Kier molecular flexibility index (Phi) is 2.65. The minimum atomic E-state index is 0.385. The van der Waals surface area contributed by atoms with Gasteiger partial charge in [-0.3, -0.25) is 0 Å². The quantitative estimate of drug-likeness (QED) is 0.697. The van der Waals surface area contributed by atoms with E-state index in [0.29, 0.717) is 12.0 Å². The van der Waals surface area contributed by atoms with Gasteiger partial charge in [-0.2, -0.15) is 0 Å². The van der Waals surface area contributed by atoms with Gasteiger partial charge in [0.1, 0.15) is 0 Å². The number of benzene rings is 1. The Morgan fingerprint density at radius 2 is 1.69 bits per heavy atom. The minimum Gasteiger partial charge on any atom is -0.327 e. The molecule has 70 valence electrons. The van der Waals surface area contributed by atoms with Crippen LogP contribution < -0.4 is 5.73 Å². The molecule has 1 aromatic carbocycles. The van der Waals surface area contributed by atoms with Gasteiger partial charge < -0.3 is 5.73 Å². The molecule has 0 bridgehead atoms. The molecule has 0 aliphatic heterocycles. The molecule has 1 nitrogen and oxygen atoms in total. The Balaban J connectivity index is 2.15. The number of hydrogen-bond donors (Lipinski definition) is 1. The molecule has 0 amide bonds. The van der Waals surface area contributed by atoms with Crippen molar-refractivity contribution in [3.8, 4) is 0 Å². The largest absolute Gasteiger partial charge is 0.327 e. The highest BCUT2D eigenvalue weighted by atomic mass is 14.7. The van der Waals surface area contributed by atoms with Crippen molar-refractivity contribution in [2.24, 2.45) is 5.73 Å². The molecule has 1 aliphatic rings. The van der Waals surface area contributed by atoms with E-state index in [1.54, 1.807) is 0 Å². The molecule has 13 heavy (non-hydrogen) atoms. The van der Waals surface area contributed by atoms with Crippen molar-refractivity contribution < 1.29 is 0 Å². The fraction of sp³-hybridized carbons (Fsp3) is 0.500. The van der Waals surface area contributed by atoms with Gasteiger partial charge in [0.15, 0.2) is 0 Å². The van der Waals surface area contributed by atoms with Gasteiger partial charge in [0.2, 0.25) is 0 Å². The van der Waals surface area contributed by atoms with Gasteiger partial charge in [0, 0.05) is 6.04 Å². The topological polar surface area (TPSA) is 26.0 Å². The highest BCUT2D eigenvalue weighted by Crippen LogP contribution is 2.31. The smallest absolute Gasteiger partial charge is 0.0108 e. The third kappa shape index (κ3) is 1.92. The van der Waals surface area contributed by atoms with Crippen molar-refractivity contribution in [2.75, 3.05) is 0 Å². The van der Waals surface area contributed by atoms with E-state index in [-0.39, 0.29) is 0 Å². The van der Waals surface area contributed by atoms with Crippen LogP contribution in [0.15, 0.2) is 30.3 Å². The van der Waals surface area contributed by atoms with Crippen molar-refractivity contribution in [3.63, 3.8) is 0 Å². The zero-order valence-electron chi connectivity index (χ0n) is 7.95. The summed E-state index contributed by atoms with van der Waals surface area (Å²) < 4.78 is 0. The third-order valence-corrected chi connectivity index (χ3v) is 3.05. The van der Waals surface area contributed by atoms with Gasteiger partial charge in [0.25, 0.3) is 0 Å². The second kappa shape index (κ2) is 3.93. The van der Waals surface area contributed by atoms with Crippen LogP contribution in [0.25, 0.3) is 0 Å². The summed E-state index contributed by atoms with van der Waals surface area (Å²) in [6.07, 6.45) is 5.11. The second-order valence-corrected chi connectivity index (χ2v) is 3.97. The Hall–Kier alpha value is -0.820. The lowest BCUT2D eigenvalue weighted by molar-refractivity contribution is 0.385. The van der Waals surface area contributed by atoms with Crippen LogP contribution in [0.4, 0.5) is 0 Å². The lowest BCUT2D eigenvalue weighted by Gasteiger charge is -2.28. The summed E-state index contributed by atoms with van der Waals surface area (Å²) in [6, 6.07) is 11.1. The average molecular weight is 175 g/mol. The maximum atomic E-state index is 6.11. The summed E-state index contributed by atoms with van der Waals surface area (Å²) in [6.45, 7) is 0. The van der Waals surface area contributed by atoms with Crippen molar-refractivity contribution in [3.05, 3.63) is 35.9 Å². The van der Waals surface area contributed by atoms with E-state index in [9.17, 15) is 0 Å². The van der Waals surface area contributed by atoms with Gasteiger partial charge in [-0.1, -0.05) is 43.2 Å². The molecule has 1 saturated carbocycles. The van der Waals surface area contributed by atoms with Crippen LogP contribution in [-0.4, -0.2) is 6.04 Å². The standard InChI is InChI=1S/C12H17N/c13-12-9-5-4-8-11(12)10-6-2-1-3-7-10/h1-3,6-7,11-12H,4-5,8-9,13H2. The van der Waals surface area contributed by atoms with E-state index in [2.05, 4.69) is 30.3 Å².